The Balaban J connectivity index is 2.04. The van der Waals surface area contributed by atoms with Gasteiger partial charge in [-0.2, -0.15) is 0 Å². The maximum Gasteiger partial charge on any atom is 0.191 e. The topological polar surface area (TPSA) is 42.7 Å². The lowest BCUT2D eigenvalue weighted by Gasteiger charge is -2.40. The number of nitrogens with zero attached hydrogens (tertiary/aromatic N) is 3. The van der Waals surface area contributed by atoms with Gasteiger partial charge >= 0.3 is 0 Å². The number of hydrogen-bond donors (Lipinski definition) is 1. The molecule has 0 radical (unpaired) electrons. The maximum absolute atomic E-state index is 4.22. The van der Waals surface area contributed by atoms with E-state index in [0.717, 1.165) is 11.7 Å². The summed E-state index contributed by atoms with van der Waals surface area (Å²) in [5, 5.41) is 13.5. The number of aryl methyl sites for hydroxylation is 1. The highest BCUT2D eigenvalue weighted by molar-refractivity contribution is 7.99. The van der Waals surface area contributed by atoms with Gasteiger partial charge in [0.05, 0.1) is 0 Å². The molecule has 0 aromatic carbocycles. The third kappa shape index (κ3) is 3.96. The van der Waals surface area contributed by atoms with Crippen LogP contribution < -0.4 is 5.32 Å². The first kappa shape index (κ1) is 14.9. The van der Waals surface area contributed by atoms with Gasteiger partial charge in [0.25, 0.3) is 0 Å². The van der Waals surface area contributed by atoms with Gasteiger partial charge in [-0.15, -0.1) is 10.2 Å². The first-order chi connectivity index (χ1) is 9.02. The number of thioether (sulfide) groups is 1. The molecule has 0 aliphatic heterocycles. The van der Waals surface area contributed by atoms with Crippen LogP contribution in [-0.4, -0.2) is 32.6 Å². The van der Waals surface area contributed by atoms with Crippen LogP contribution in [0.1, 0.15) is 46.5 Å². The lowest BCUT2D eigenvalue weighted by Crippen LogP contribution is -2.45. The molecule has 1 aliphatic rings. The van der Waals surface area contributed by atoms with Crippen LogP contribution in [0.15, 0.2) is 11.5 Å². The normalized spacial score (nSPS) is 26.5. The summed E-state index contributed by atoms with van der Waals surface area (Å²) in [5.41, 5.74) is 0.445. The second-order valence-corrected chi connectivity index (χ2v) is 7.55. The monoisotopic (exact) mass is 282 g/mol. The van der Waals surface area contributed by atoms with Crippen molar-refractivity contribution < 1.29 is 0 Å². The summed E-state index contributed by atoms with van der Waals surface area (Å²) in [7, 11) is 2.02. The van der Waals surface area contributed by atoms with Crippen LogP contribution in [0.5, 0.6) is 0 Å². The van der Waals surface area contributed by atoms with E-state index in [-0.39, 0.29) is 0 Å². The van der Waals surface area contributed by atoms with Crippen molar-refractivity contribution in [2.24, 2.45) is 12.5 Å². The molecule has 1 aromatic heterocycles. The third-order valence-electron chi connectivity index (χ3n) is 3.92. The highest BCUT2D eigenvalue weighted by atomic mass is 32.2. The van der Waals surface area contributed by atoms with Crippen LogP contribution in [0.3, 0.4) is 0 Å². The van der Waals surface area contributed by atoms with Gasteiger partial charge in [0, 0.05) is 18.3 Å². The lowest BCUT2D eigenvalue weighted by atomic mass is 9.75. The smallest absolute Gasteiger partial charge is 0.191 e. The number of aromatic nitrogens is 3. The van der Waals surface area contributed by atoms with Crippen LogP contribution in [-0.2, 0) is 7.05 Å². The molecular weight excluding hydrogens is 256 g/mol. The van der Waals surface area contributed by atoms with Crippen LogP contribution in [0, 0.1) is 5.41 Å². The maximum atomic E-state index is 4.22. The summed E-state index contributed by atoms with van der Waals surface area (Å²) >= 11 is 1.89. The Bertz CT molecular complexity index is 402. The van der Waals surface area contributed by atoms with E-state index in [9.17, 15) is 0 Å². The molecule has 0 bridgehead atoms. The van der Waals surface area contributed by atoms with Crippen LogP contribution in [0.25, 0.3) is 0 Å². The molecule has 1 fully saturated rings. The Morgan fingerprint density at radius 2 is 2.32 bits per heavy atom. The van der Waals surface area contributed by atoms with Crippen LogP contribution in [0.2, 0.25) is 0 Å². The molecular formula is C14H26N4S. The molecule has 108 valence electrons. The zero-order chi connectivity index (χ0) is 13.9. The summed E-state index contributed by atoms with van der Waals surface area (Å²) < 4.78 is 2.02. The van der Waals surface area contributed by atoms with E-state index in [2.05, 4.69) is 36.3 Å². The lowest BCUT2D eigenvalue weighted by molar-refractivity contribution is 0.214. The first-order valence-electron chi connectivity index (χ1n) is 7.26. The van der Waals surface area contributed by atoms with Crippen molar-refractivity contribution in [1.29, 1.82) is 0 Å². The number of nitrogens with one attached hydrogen (secondary N) is 1. The van der Waals surface area contributed by atoms with Gasteiger partial charge in [-0.25, -0.2) is 0 Å². The van der Waals surface area contributed by atoms with Gasteiger partial charge in [-0.1, -0.05) is 32.5 Å². The van der Waals surface area contributed by atoms with Crippen molar-refractivity contribution in [1.82, 2.24) is 20.1 Å². The highest BCUT2D eigenvalue weighted by Gasteiger charge is 2.35. The Hall–Kier alpha value is -0.550. The molecule has 4 nitrogen and oxygen atoms in total. The fourth-order valence-electron chi connectivity index (χ4n) is 2.72. The molecule has 0 amide bonds. The van der Waals surface area contributed by atoms with Gasteiger partial charge in [0.15, 0.2) is 5.16 Å². The number of rotatable bonds is 5. The van der Waals surface area contributed by atoms with E-state index in [4.69, 9.17) is 0 Å². The molecule has 1 aromatic rings. The molecule has 1 saturated carbocycles. The Labute approximate surface area is 120 Å². The fraction of sp³-hybridized carbons (Fsp3) is 0.857. The SMILES string of the molecule is CCCNC1CCC(C)(C)CC1Sc1nncn1C. The fourth-order valence-corrected chi connectivity index (χ4v) is 4.23. The molecule has 0 saturated heterocycles. The summed E-state index contributed by atoms with van der Waals surface area (Å²) in [6.07, 6.45) is 6.80. The van der Waals surface area contributed by atoms with Crippen molar-refractivity contribution in [3.8, 4) is 0 Å². The van der Waals surface area contributed by atoms with Crippen molar-refractivity contribution >= 4 is 11.8 Å². The molecule has 0 spiro atoms. The van der Waals surface area contributed by atoms with Crippen molar-refractivity contribution in [3.05, 3.63) is 6.33 Å². The average molecular weight is 282 g/mol. The number of hydrogen-bond acceptors (Lipinski definition) is 4. The minimum atomic E-state index is 0.445. The van der Waals surface area contributed by atoms with E-state index in [1.165, 1.54) is 25.7 Å². The van der Waals surface area contributed by atoms with Gasteiger partial charge in [-0.05, 0) is 37.6 Å². The predicted octanol–water partition coefficient (Wildman–Crippen LogP) is 2.85. The van der Waals surface area contributed by atoms with E-state index in [0.29, 0.717) is 16.7 Å². The zero-order valence-electron chi connectivity index (χ0n) is 12.5. The van der Waals surface area contributed by atoms with E-state index in [1.807, 2.05) is 23.4 Å². The standard InChI is InChI=1S/C14H26N4S/c1-5-8-15-11-6-7-14(2,3)9-12(11)19-13-17-16-10-18(13)4/h10-12,15H,5-9H2,1-4H3. The zero-order valence-corrected chi connectivity index (χ0v) is 13.3. The highest BCUT2D eigenvalue weighted by Crippen LogP contribution is 2.42. The molecule has 2 unspecified atom stereocenters. The first-order valence-corrected chi connectivity index (χ1v) is 8.14. The van der Waals surface area contributed by atoms with Crippen LogP contribution >= 0.6 is 11.8 Å². The van der Waals surface area contributed by atoms with E-state index in [1.54, 1.807) is 6.33 Å². The molecule has 19 heavy (non-hydrogen) atoms. The summed E-state index contributed by atoms with van der Waals surface area (Å²) in [6.45, 7) is 8.10. The van der Waals surface area contributed by atoms with E-state index >= 15 is 0 Å². The predicted molar refractivity (Wildman–Crippen MR) is 80.4 cm³/mol. The molecule has 2 atom stereocenters. The summed E-state index contributed by atoms with van der Waals surface area (Å²) in [5.74, 6) is 0. The Morgan fingerprint density at radius 1 is 1.53 bits per heavy atom. The summed E-state index contributed by atoms with van der Waals surface area (Å²) in [4.78, 5) is 0. The molecule has 5 heteroatoms. The van der Waals surface area contributed by atoms with Gasteiger partial charge in [-0.3, -0.25) is 0 Å². The van der Waals surface area contributed by atoms with Gasteiger partial charge in [0.2, 0.25) is 0 Å². The quantitative estimate of drug-likeness (QED) is 0.902. The molecule has 1 aliphatic carbocycles. The summed E-state index contributed by atoms with van der Waals surface area (Å²) in [6, 6.07) is 0.606. The van der Waals surface area contributed by atoms with Crippen molar-refractivity contribution in [3.63, 3.8) is 0 Å². The molecule has 1 N–H and O–H groups in total. The van der Waals surface area contributed by atoms with Crippen molar-refractivity contribution in [2.45, 2.75) is 62.9 Å². The van der Waals surface area contributed by atoms with Gasteiger partial charge < -0.3 is 9.88 Å². The van der Waals surface area contributed by atoms with Crippen molar-refractivity contribution in [2.75, 3.05) is 6.54 Å². The van der Waals surface area contributed by atoms with E-state index < -0.39 is 0 Å². The minimum absolute atomic E-state index is 0.445. The second kappa shape index (κ2) is 6.27. The third-order valence-corrected chi connectivity index (χ3v) is 5.30. The molecule has 2 rings (SSSR count). The minimum Gasteiger partial charge on any atom is -0.313 e. The Morgan fingerprint density at radius 3 is 2.95 bits per heavy atom. The van der Waals surface area contributed by atoms with Crippen LogP contribution in [0.4, 0.5) is 0 Å². The average Bonchev–Trinajstić information content (AvgIpc) is 2.73. The van der Waals surface area contributed by atoms with Gasteiger partial charge in [0.1, 0.15) is 6.33 Å². The molecule has 1 heterocycles. The largest absolute Gasteiger partial charge is 0.313 e. The Kier molecular flexibility index (Phi) is 4.90. The second-order valence-electron chi connectivity index (χ2n) is 6.35.